The van der Waals surface area contributed by atoms with Crippen LogP contribution in [0.4, 0.5) is 5.69 Å². The highest BCUT2D eigenvalue weighted by atomic mass is 32.1. The molecule has 0 bridgehead atoms. The predicted molar refractivity (Wildman–Crippen MR) is 108 cm³/mol. The molecule has 0 unspecified atom stereocenters. The van der Waals surface area contributed by atoms with Crippen molar-refractivity contribution in [2.24, 2.45) is 0 Å². The summed E-state index contributed by atoms with van der Waals surface area (Å²) in [5.41, 5.74) is 4.88. The van der Waals surface area contributed by atoms with Gasteiger partial charge in [-0.1, -0.05) is 6.07 Å². The molecule has 0 N–H and O–H groups in total. The average Bonchev–Trinajstić information content (AvgIpc) is 3.27. The van der Waals surface area contributed by atoms with E-state index >= 15 is 0 Å². The fraction of sp³-hybridized carbons (Fsp3) is 0.250. The summed E-state index contributed by atoms with van der Waals surface area (Å²) in [7, 11) is 0. The summed E-state index contributed by atoms with van der Waals surface area (Å²) in [4.78, 5) is 20.1. The van der Waals surface area contributed by atoms with E-state index in [1.807, 2.05) is 55.8 Å². The number of thiazole rings is 1. The van der Waals surface area contributed by atoms with Gasteiger partial charge < -0.3 is 4.90 Å². The Labute approximate surface area is 161 Å². The van der Waals surface area contributed by atoms with E-state index in [2.05, 4.69) is 11.1 Å². The summed E-state index contributed by atoms with van der Waals surface area (Å²) in [5.74, 6) is -0.0972. The van der Waals surface area contributed by atoms with Crippen molar-refractivity contribution in [1.82, 2.24) is 4.98 Å². The molecule has 0 aliphatic rings. The number of anilines is 1. The van der Waals surface area contributed by atoms with E-state index in [0.29, 0.717) is 11.4 Å². The van der Waals surface area contributed by atoms with E-state index in [-0.39, 0.29) is 12.3 Å². The largest absolute Gasteiger partial charge is 0.307 e. The van der Waals surface area contributed by atoms with Gasteiger partial charge in [0.25, 0.3) is 5.91 Å². The van der Waals surface area contributed by atoms with Crippen LogP contribution in [-0.4, -0.2) is 17.4 Å². The molecule has 0 saturated carbocycles. The maximum atomic E-state index is 13.2. The first-order valence-electron chi connectivity index (χ1n) is 8.27. The number of nitriles is 1. The van der Waals surface area contributed by atoms with Crippen LogP contribution in [0.25, 0.3) is 10.6 Å². The van der Waals surface area contributed by atoms with Crippen LogP contribution < -0.4 is 4.90 Å². The minimum atomic E-state index is -0.0972. The molecule has 3 aromatic rings. The molecular formula is C20H19N3OS2. The van der Waals surface area contributed by atoms with Gasteiger partial charge in [0.1, 0.15) is 9.88 Å². The fourth-order valence-electron chi connectivity index (χ4n) is 2.63. The number of amides is 1. The van der Waals surface area contributed by atoms with E-state index in [0.717, 1.165) is 27.5 Å². The highest BCUT2D eigenvalue weighted by Gasteiger charge is 2.23. The van der Waals surface area contributed by atoms with Crippen LogP contribution in [0.3, 0.4) is 0 Å². The van der Waals surface area contributed by atoms with Crippen LogP contribution in [0.5, 0.6) is 0 Å². The first kappa shape index (κ1) is 18.3. The Morgan fingerprint density at radius 3 is 2.69 bits per heavy atom. The van der Waals surface area contributed by atoms with Crippen molar-refractivity contribution in [2.75, 3.05) is 11.4 Å². The molecule has 2 aromatic heterocycles. The third-order valence-electron chi connectivity index (χ3n) is 4.25. The summed E-state index contributed by atoms with van der Waals surface area (Å²) in [6, 6.07) is 10.1. The van der Waals surface area contributed by atoms with Crippen LogP contribution >= 0.6 is 22.7 Å². The van der Waals surface area contributed by atoms with Gasteiger partial charge in [-0.3, -0.25) is 4.79 Å². The minimum absolute atomic E-state index is 0.0972. The Morgan fingerprint density at radius 1 is 1.23 bits per heavy atom. The van der Waals surface area contributed by atoms with Crippen LogP contribution in [-0.2, 0) is 0 Å². The van der Waals surface area contributed by atoms with Gasteiger partial charge in [0, 0.05) is 23.2 Å². The SMILES string of the molecule is Cc1ccc(N(CCC#N)C(=O)c2sc(-c3ccsc3)nc2C)cc1C. The Balaban J connectivity index is 1.98. The van der Waals surface area contributed by atoms with Crippen molar-refractivity contribution in [3.63, 3.8) is 0 Å². The Bertz CT molecular complexity index is 968. The van der Waals surface area contributed by atoms with Crippen molar-refractivity contribution in [2.45, 2.75) is 27.2 Å². The standard InChI is InChI=1S/C20H19N3OS2/c1-13-5-6-17(11-14(13)2)23(9-4-8-21)20(24)18-15(3)22-19(26-18)16-7-10-25-12-16/h5-7,10-12H,4,9H2,1-3H3. The number of aryl methyl sites for hydroxylation is 3. The second-order valence-electron chi connectivity index (χ2n) is 6.08. The summed E-state index contributed by atoms with van der Waals surface area (Å²) in [6.45, 7) is 6.30. The van der Waals surface area contributed by atoms with Gasteiger partial charge in [-0.05, 0) is 55.5 Å². The number of nitrogens with zero attached hydrogens (tertiary/aromatic N) is 3. The van der Waals surface area contributed by atoms with Crippen molar-refractivity contribution in [3.05, 3.63) is 56.7 Å². The molecule has 0 atom stereocenters. The highest BCUT2D eigenvalue weighted by molar-refractivity contribution is 7.17. The minimum Gasteiger partial charge on any atom is -0.307 e. The Kier molecular flexibility index (Phi) is 5.50. The van der Waals surface area contributed by atoms with Gasteiger partial charge in [-0.15, -0.1) is 11.3 Å². The van der Waals surface area contributed by atoms with Crippen LogP contribution in [0.2, 0.25) is 0 Å². The molecule has 1 amide bonds. The summed E-state index contributed by atoms with van der Waals surface area (Å²) in [6.07, 6.45) is 0.286. The van der Waals surface area contributed by atoms with Crippen LogP contribution in [0, 0.1) is 32.1 Å². The van der Waals surface area contributed by atoms with Crippen molar-refractivity contribution < 1.29 is 4.79 Å². The Morgan fingerprint density at radius 2 is 2.04 bits per heavy atom. The molecule has 132 valence electrons. The normalized spacial score (nSPS) is 10.5. The fourth-order valence-corrected chi connectivity index (χ4v) is 4.36. The third-order valence-corrected chi connectivity index (χ3v) is 6.13. The molecule has 0 fully saturated rings. The summed E-state index contributed by atoms with van der Waals surface area (Å²) >= 11 is 3.02. The number of carbonyl (C=O) groups excluding carboxylic acids is 1. The van der Waals surface area contributed by atoms with E-state index < -0.39 is 0 Å². The lowest BCUT2D eigenvalue weighted by atomic mass is 10.1. The van der Waals surface area contributed by atoms with Crippen LogP contribution in [0.1, 0.15) is 32.9 Å². The van der Waals surface area contributed by atoms with Crippen molar-refractivity contribution >= 4 is 34.3 Å². The first-order chi connectivity index (χ1) is 12.5. The maximum Gasteiger partial charge on any atom is 0.270 e. The molecule has 0 radical (unpaired) electrons. The average molecular weight is 382 g/mol. The lowest BCUT2D eigenvalue weighted by Crippen LogP contribution is -2.31. The quantitative estimate of drug-likeness (QED) is 0.598. The summed E-state index contributed by atoms with van der Waals surface area (Å²) < 4.78 is 0. The number of rotatable bonds is 5. The second kappa shape index (κ2) is 7.81. The van der Waals surface area contributed by atoms with Gasteiger partial charge in [0.2, 0.25) is 0 Å². The molecule has 26 heavy (non-hydrogen) atoms. The molecule has 4 nitrogen and oxygen atoms in total. The van der Waals surface area contributed by atoms with Gasteiger partial charge in [-0.25, -0.2) is 4.98 Å². The zero-order chi connectivity index (χ0) is 18.7. The molecule has 0 spiro atoms. The lowest BCUT2D eigenvalue weighted by molar-refractivity contribution is 0.0990. The molecule has 6 heteroatoms. The molecule has 0 aliphatic heterocycles. The number of thiophene rings is 1. The monoisotopic (exact) mass is 381 g/mol. The van der Waals surface area contributed by atoms with Gasteiger partial charge in [0.05, 0.1) is 18.2 Å². The van der Waals surface area contributed by atoms with Crippen LogP contribution in [0.15, 0.2) is 35.0 Å². The summed E-state index contributed by atoms with van der Waals surface area (Å²) in [5, 5.41) is 13.9. The lowest BCUT2D eigenvalue weighted by Gasteiger charge is -2.22. The Hall–Kier alpha value is -2.49. The molecule has 3 rings (SSSR count). The number of aromatic nitrogens is 1. The van der Waals surface area contributed by atoms with Gasteiger partial charge in [-0.2, -0.15) is 16.6 Å². The van der Waals surface area contributed by atoms with E-state index in [1.54, 1.807) is 16.2 Å². The topological polar surface area (TPSA) is 57.0 Å². The van der Waals surface area contributed by atoms with Crippen molar-refractivity contribution in [3.8, 4) is 16.6 Å². The zero-order valence-electron chi connectivity index (χ0n) is 14.9. The molecule has 0 aliphatic carbocycles. The van der Waals surface area contributed by atoms with E-state index in [4.69, 9.17) is 5.26 Å². The van der Waals surface area contributed by atoms with E-state index in [9.17, 15) is 4.79 Å². The van der Waals surface area contributed by atoms with Gasteiger partial charge in [0.15, 0.2) is 0 Å². The molecular weight excluding hydrogens is 362 g/mol. The number of hydrogen-bond acceptors (Lipinski definition) is 5. The predicted octanol–water partition coefficient (Wildman–Crippen LogP) is 5.36. The molecule has 1 aromatic carbocycles. The zero-order valence-corrected chi connectivity index (χ0v) is 16.6. The first-order valence-corrected chi connectivity index (χ1v) is 10.0. The number of hydrogen-bond donors (Lipinski definition) is 0. The number of benzene rings is 1. The third kappa shape index (κ3) is 3.69. The van der Waals surface area contributed by atoms with Gasteiger partial charge >= 0.3 is 0 Å². The smallest absolute Gasteiger partial charge is 0.270 e. The maximum absolute atomic E-state index is 13.2. The number of carbonyl (C=O) groups is 1. The molecule has 2 heterocycles. The molecule has 0 saturated heterocycles. The van der Waals surface area contributed by atoms with Crippen molar-refractivity contribution in [1.29, 1.82) is 5.26 Å². The van der Waals surface area contributed by atoms with E-state index in [1.165, 1.54) is 16.9 Å². The second-order valence-corrected chi connectivity index (χ2v) is 7.86. The highest BCUT2D eigenvalue weighted by Crippen LogP contribution is 2.31.